The lowest BCUT2D eigenvalue weighted by molar-refractivity contribution is 0.0905. The lowest BCUT2D eigenvalue weighted by Gasteiger charge is -2.31. The highest BCUT2D eigenvalue weighted by atomic mass is 19.1. The van der Waals surface area contributed by atoms with Crippen molar-refractivity contribution in [2.75, 3.05) is 5.73 Å². The number of carbonyl (C=O) groups is 1. The van der Waals surface area contributed by atoms with Gasteiger partial charge in [0.15, 0.2) is 11.6 Å². The molecule has 5 heteroatoms. The molecular weight excluding hydrogens is 221 g/mol. The topological polar surface area (TPSA) is 68.0 Å². The maximum atomic E-state index is 13.6. The highest BCUT2D eigenvalue weighted by molar-refractivity contribution is 5.95. The second kappa shape index (κ2) is 4.69. The van der Waals surface area contributed by atoms with E-state index in [1.807, 2.05) is 6.92 Å². The van der Waals surface area contributed by atoms with Crippen LogP contribution in [0.1, 0.15) is 36.5 Å². The number of pyridine rings is 1. The van der Waals surface area contributed by atoms with Crippen LogP contribution >= 0.6 is 0 Å². The summed E-state index contributed by atoms with van der Waals surface area (Å²) in [6.45, 7) is 1.95. The summed E-state index contributed by atoms with van der Waals surface area (Å²) >= 11 is 0. The van der Waals surface area contributed by atoms with Gasteiger partial charge in [-0.15, -0.1) is 0 Å². The van der Waals surface area contributed by atoms with E-state index >= 15 is 0 Å². The second-order valence-corrected chi connectivity index (χ2v) is 4.51. The van der Waals surface area contributed by atoms with E-state index in [9.17, 15) is 9.18 Å². The molecule has 0 spiro atoms. The summed E-state index contributed by atoms with van der Waals surface area (Å²) in [5.74, 6) is -0.892. The second-order valence-electron chi connectivity index (χ2n) is 4.51. The normalized spacial score (nSPS) is 17.3. The minimum Gasteiger partial charge on any atom is -0.381 e. The van der Waals surface area contributed by atoms with Crippen LogP contribution in [0.4, 0.5) is 10.2 Å². The van der Waals surface area contributed by atoms with Crippen molar-refractivity contribution in [3.63, 3.8) is 0 Å². The first-order valence-corrected chi connectivity index (χ1v) is 5.80. The number of anilines is 1. The molecular formula is C12H16FN3O. The van der Waals surface area contributed by atoms with Crippen molar-refractivity contribution in [2.45, 2.75) is 32.2 Å². The molecule has 1 saturated carbocycles. The highest BCUT2D eigenvalue weighted by Crippen LogP contribution is 2.29. The van der Waals surface area contributed by atoms with E-state index in [2.05, 4.69) is 10.3 Å². The molecule has 92 valence electrons. The predicted molar refractivity (Wildman–Crippen MR) is 62.9 cm³/mol. The van der Waals surface area contributed by atoms with Gasteiger partial charge >= 0.3 is 0 Å². The summed E-state index contributed by atoms with van der Waals surface area (Å²) in [6, 6.07) is 1.42. The summed E-state index contributed by atoms with van der Waals surface area (Å²) in [5, 5.41) is 2.80. The largest absolute Gasteiger partial charge is 0.381 e. The Labute approximate surface area is 99.4 Å². The molecule has 0 saturated heterocycles. The first kappa shape index (κ1) is 11.8. The maximum Gasteiger partial charge on any atom is 0.254 e. The van der Waals surface area contributed by atoms with Crippen molar-refractivity contribution in [3.8, 4) is 0 Å². The zero-order chi connectivity index (χ0) is 12.4. The number of amides is 1. The number of carbonyl (C=O) groups excluding carboxylic acids is 1. The third-order valence-corrected chi connectivity index (χ3v) is 3.38. The van der Waals surface area contributed by atoms with E-state index in [0.717, 1.165) is 12.8 Å². The van der Waals surface area contributed by atoms with E-state index in [0.29, 0.717) is 5.92 Å². The zero-order valence-electron chi connectivity index (χ0n) is 9.74. The Morgan fingerprint density at radius 2 is 2.35 bits per heavy atom. The fraction of sp³-hybridized carbons (Fsp3) is 0.500. The zero-order valence-corrected chi connectivity index (χ0v) is 9.74. The average Bonchev–Trinajstić information content (AvgIpc) is 2.19. The smallest absolute Gasteiger partial charge is 0.254 e. The Kier molecular flexibility index (Phi) is 3.26. The van der Waals surface area contributed by atoms with Gasteiger partial charge in [-0.25, -0.2) is 9.37 Å². The molecule has 17 heavy (non-hydrogen) atoms. The number of halogens is 1. The third-order valence-electron chi connectivity index (χ3n) is 3.38. The van der Waals surface area contributed by atoms with Crippen LogP contribution in [0.25, 0.3) is 0 Å². The molecule has 1 aliphatic rings. The Morgan fingerprint density at radius 3 is 2.94 bits per heavy atom. The van der Waals surface area contributed by atoms with E-state index in [1.165, 1.54) is 18.7 Å². The van der Waals surface area contributed by atoms with Crippen LogP contribution in [-0.2, 0) is 0 Å². The van der Waals surface area contributed by atoms with Crippen LogP contribution in [0, 0.1) is 11.7 Å². The molecule has 0 aromatic carbocycles. The maximum absolute atomic E-state index is 13.6. The summed E-state index contributed by atoms with van der Waals surface area (Å²) in [6.07, 6.45) is 4.80. The Balaban J connectivity index is 2.06. The van der Waals surface area contributed by atoms with Gasteiger partial charge in [-0.3, -0.25) is 4.79 Å². The van der Waals surface area contributed by atoms with Crippen LogP contribution in [-0.4, -0.2) is 16.9 Å². The minimum absolute atomic E-state index is 0.0383. The summed E-state index contributed by atoms with van der Waals surface area (Å²) in [7, 11) is 0. The SMILES string of the molecule is CC(NC(=O)c1ccnc(N)c1F)C1CCC1. The molecule has 2 rings (SSSR count). The van der Waals surface area contributed by atoms with Crippen LogP contribution in [0.5, 0.6) is 0 Å². The van der Waals surface area contributed by atoms with Gasteiger partial charge in [-0.1, -0.05) is 6.42 Å². The third kappa shape index (κ3) is 2.38. The van der Waals surface area contributed by atoms with Crippen LogP contribution < -0.4 is 11.1 Å². The van der Waals surface area contributed by atoms with Crippen molar-refractivity contribution in [1.29, 1.82) is 0 Å². The van der Waals surface area contributed by atoms with Gasteiger partial charge in [0.2, 0.25) is 0 Å². The van der Waals surface area contributed by atoms with Crippen molar-refractivity contribution in [1.82, 2.24) is 10.3 Å². The molecule has 0 radical (unpaired) electrons. The monoisotopic (exact) mass is 237 g/mol. The van der Waals surface area contributed by atoms with Crippen molar-refractivity contribution in [3.05, 3.63) is 23.6 Å². The lowest BCUT2D eigenvalue weighted by Crippen LogP contribution is -2.41. The number of nitrogens with zero attached hydrogens (tertiary/aromatic N) is 1. The lowest BCUT2D eigenvalue weighted by atomic mass is 9.80. The number of nitrogens with one attached hydrogen (secondary N) is 1. The van der Waals surface area contributed by atoms with Gasteiger partial charge in [-0.05, 0) is 31.7 Å². The molecule has 1 atom stereocenters. The Morgan fingerprint density at radius 1 is 1.65 bits per heavy atom. The van der Waals surface area contributed by atoms with E-state index in [4.69, 9.17) is 5.73 Å². The van der Waals surface area contributed by atoms with E-state index in [-0.39, 0.29) is 17.4 Å². The quantitative estimate of drug-likeness (QED) is 0.841. The fourth-order valence-electron chi connectivity index (χ4n) is 1.98. The van der Waals surface area contributed by atoms with Gasteiger partial charge in [0.25, 0.3) is 5.91 Å². The van der Waals surface area contributed by atoms with Gasteiger partial charge < -0.3 is 11.1 Å². The molecule has 1 aliphatic carbocycles. The Hall–Kier alpha value is -1.65. The average molecular weight is 237 g/mol. The first-order chi connectivity index (χ1) is 8.09. The summed E-state index contributed by atoms with van der Waals surface area (Å²) < 4.78 is 13.6. The fourth-order valence-corrected chi connectivity index (χ4v) is 1.98. The molecule has 0 aliphatic heterocycles. The molecule has 1 aromatic rings. The molecule has 0 bridgehead atoms. The van der Waals surface area contributed by atoms with Gasteiger partial charge in [0, 0.05) is 12.2 Å². The Bertz CT molecular complexity index is 432. The molecule has 3 N–H and O–H groups in total. The molecule has 1 heterocycles. The highest BCUT2D eigenvalue weighted by Gasteiger charge is 2.26. The molecule has 1 amide bonds. The number of nitrogens with two attached hydrogens (primary N) is 1. The standard InChI is InChI=1S/C12H16FN3O/c1-7(8-3-2-4-8)16-12(17)9-5-6-15-11(14)10(9)13/h5-8H,2-4H2,1H3,(H2,14,15)(H,16,17). The number of rotatable bonds is 3. The van der Waals surface area contributed by atoms with Gasteiger partial charge in [0.1, 0.15) is 0 Å². The molecule has 1 unspecified atom stereocenters. The van der Waals surface area contributed by atoms with Crippen LogP contribution in [0.2, 0.25) is 0 Å². The number of hydrogen-bond donors (Lipinski definition) is 2. The van der Waals surface area contributed by atoms with Gasteiger partial charge in [0.05, 0.1) is 5.56 Å². The van der Waals surface area contributed by atoms with Gasteiger partial charge in [-0.2, -0.15) is 0 Å². The first-order valence-electron chi connectivity index (χ1n) is 5.80. The van der Waals surface area contributed by atoms with E-state index in [1.54, 1.807) is 0 Å². The van der Waals surface area contributed by atoms with Crippen molar-refractivity contribution < 1.29 is 9.18 Å². The number of nitrogen functional groups attached to an aromatic ring is 1. The van der Waals surface area contributed by atoms with Crippen LogP contribution in [0.3, 0.4) is 0 Å². The number of aromatic nitrogens is 1. The van der Waals surface area contributed by atoms with Crippen molar-refractivity contribution >= 4 is 11.7 Å². The van der Waals surface area contributed by atoms with E-state index < -0.39 is 11.7 Å². The molecule has 4 nitrogen and oxygen atoms in total. The molecule has 1 aromatic heterocycles. The summed E-state index contributed by atoms with van der Waals surface area (Å²) in [4.78, 5) is 15.4. The number of hydrogen-bond acceptors (Lipinski definition) is 3. The van der Waals surface area contributed by atoms with Crippen molar-refractivity contribution in [2.24, 2.45) is 5.92 Å². The minimum atomic E-state index is -0.745. The molecule has 1 fully saturated rings. The summed E-state index contributed by atoms with van der Waals surface area (Å²) in [5.41, 5.74) is 5.28. The van der Waals surface area contributed by atoms with Crippen LogP contribution in [0.15, 0.2) is 12.3 Å². The predicted octanol–water partition coefficient (Wildman–Crippen LogP) is 1.72.